The molecule has 14 rings (SSSR count). The van der Waals surface area contributed by atoms with Gasteiger partial charge in [0.15, 0.2) is 0 Å². The second kappa shape index (κ2) is 42.0. The van der Waals surface area contributed by atoms with Crippen LogP contribution in [-0.2, 0) is 50.3 Å². The minimum atomic E-state index is -5.84. The van der Waals surface area contributed by atoms with Gasteiger partial charge in [-0.15, -0.1) is 107 Å². The molecule has 0 bridgehead atoms. The van der Waals surface area contributed by atoms with E-state index in [2.05, 4.69) is 135 Å². The van der Waals surface area contributed by atoms with Gasteiger partial charge in [0.2, 0.25) is 0 Å². The van der Waals surface area contributed by atoms with Crippen LogP contribution in [0.5, 0.6) is 0 Å². The van der Waals surface area contributed by atoms with Crippen molar-refractivity contribution in [2.24, 2.45) is 0 Å². The SMILES string of the molecule is CO.CO.O=S(=O)(O)C(F)(F)F.[2H]C([2H])([2H])c1c[c-]c(-c2ccc(C([2H])([2H])[2H])cn2)cc1.[2H]C([2H])([2H])c1c[c-]c(-c2ccc(C([2H])([2H])[2H])cn2)cc1.[2H]C1(c2ccccc2)CCC([2H])(c2ccc(-c3ccnc(-c4[c-]cccc4)c3)cc2)CC1.[2H]C1(c2ccccc2)CCC([2H])(c2ccc(-c3ccnc(-c4ccccc4)c3)cc2)CC1.[Ir].[Ir]. The van der Waals surface area contributed by atoms with E-state index in [0.717, 1.165) is 81.2 Å². The first-order valence-electron chi connectivity index (χ1n) is 39.9. The molecule has 12 aromatic rings. The molecule has 2 fully saturated rings. The van der Waals surface area contributed by atoms with Gasteiger partial charge < -0.3 is 25.2 Å². The minimum absolute atomic E-state index is 0. The van der Waals surface area contributed by atoms with Crippen LogP contribution in [0.3, 0.4) is 0 Å². The Kier molecular flexibility index (Phi) is 25.1. The van der Waals surface area contributed by atoms with Gasteiger partial charge in [-0.05, 0) is 180 Å². The molecule has 4 aromatic heterocycles. The van der Waals surface area contributed by atoms with Gasteiger partial charge in [-0.25, -0.2) is 0 Å². The average Bonchev–Trinajstić information content (AvgIpc) is 0.775. The number of halogens is 3. The zero-order valence-electron chi connectivity index (χ0n) is 71.8. The van der Waals surface area contributed by atoms with Crippen molar-refractivity contribution in [2.45, 2.75) is 108 Å². The van der Waals surface area contributed by atoms with E-state index < -0.39 is 66.6 Å². The van der Waals surface area contributed by atoms with Gasteiger partial charge in [0.05, 0.1) is 5.69 Å². The second-order valence-corrected chi connectivity index (χ2v) is 24.0. The van der Waals surface area contributed by atoms with E-state index in [9.17, 15) is 13.2 Å². The summed E-state index contributed by atoms with van der Waals surface area (Å²) in [5.74, 6) is -2.39. The Hall–Kier alpha value is -8.72. The third kappa shape index (κ3) is 25.1. The molecule has 9 nitrogen and oxygen atoms in total. The molecule has 0 aliphatic heterocycles. The summed E-state index contributed by atoms with van der Waals surface area (Å²) >= 11 is 0. The van der Waals surface area contributed by atoms with Gasteiger partial charge in [-0.1, -0.05) is 184 Å². The normalized spacial score (nSPS) is 20.7. The molecule has 532 valence electrons. The maximum Gasteiger partial charge on any atom is 0.522 e. The topological polar surface area (TPSA) is 146 Å². The van der Waals surface area contributed by atoms with Crippen molar-refractivity contribution >= 4 is 10.1 Å². The van der Waals surface area contributed by atoms with Gasteiger partial charge in [0, 0.05) is 107 Å². The van der Waals surface area contributed by atoms with Gasteiger partial charge in [-0.2, -0.15) is 21.6 Å². The smallest absolute Gasteiger partial charge is 0.400 e. The van der Waals surface area contributed by atoms with Crippen LogP contribution in [-0.4, -0.2) is 62.8 Å². The Morgan fingerprint density at radius 1 is 0.382 bits per heavy atom. The van der Waals surface area contributed by atoms with E-state index in [1.165, 1.54) is 48.8 Å². The van der Waals surface area contributed by atoms with E-state index in [1.807, 2.05) is 103 Å². The van der Waals surface area contributed by atoms with Crippen LogP contribution in [0.1, 0.15) is 141 Å². The molecule has 8 aromatic carbocycles. The summed E-state index contributed by atoms with van der Waals surface area (Å²) in [6.07, 6.45) is 12.0. The fourth-order valence-corrected chi connectivity index (χ4v) is 11.0. The number of pyridine rings is 4. The van der Waals surface area contributed by atoms with Crippen molar-refractivity contribution in [1.29, 1.82) is 0 Å². The number of nitrogens with zero attached hydrogens (tertiary/aromatic N) is 4. The fourth-order valence-electron chi connectivity index (χ4n) is 11.0. The number of benzene rings is 8. The molecule has 2 aliphatic carbocycles. The summed E-state index contributed by atoms with van der Waals surface area (Å²) in [7, 11) is -3.84. The predicted molar refractivity (Wildman–Crippen MR) is 400 cm³/mol. The third-order valence-corrected chi connectivity index (χ3v) is 16.7. The molecule has 4 heterocycles. The first-order chi connectivity index (χ1) is 54.7. The molecule has 0 saturated heterocycles. The predicted octanol–water partition coefficient (Wildman–Crippen LogP) is 21.5. The summed E-state index contributed by atoms with van der Waals surface area (Å²) in [5, 5.41) is 14.0. The Bertz CT molecular complexity index is 4740. The molecule has 0 spiro atoms. The van der Waals surface area contributed by atoms with Crippen LogP contribution < -0.4 is 0 Å². The van der Waals surface area contributed by atoms with E-state index in [1.54, 1.807) is 24.3 Å². The zero-order chi connectivity index (χ0) is 85.0. The number of aryl methyl sites for hydroxylation is 4. The molecule has 102 heavy (non-hydrogen) atoms. The van der Waals surface area contributed by atoms with E-state index in [-0.39, 0.29) is 62.5 Å². The Morgan fingerprint density at radius 3 is 1.06 bits per heavy atom. The number of aliphatic hydroxyl groups excluding tert-OH is 2. The number of hydrogen-bond acceptors (Lipinski definition) is 8. The Morgan fingerprint density at radius 2 is 0.725 bits per heavy atom. The molecule has 0 amide bonds. The van der Waals surface area contributed by atoms with Crippen molar-refractivity contribution in [3.63, 3.8) is 0 Å². The summed E-state index contributed by atoms with van der Waals surface area (Å²) < 4.78 is 181. The van der Waals surface area contributed by atoms with Crippen molar-refractivity contribution in [3.05, 3.63) is 336 Å². The summed E-state index contributed by atoms with van der Waals surface area (Å²) in [6.45, 7) is -8.68. The maximum atomic E-state index is 10.7. The Balaban J connectivity index is 0.000000237. The molecule has 2 radical (unpaired) electrons. The molecular formula is C87H86F3Ir2N4O5S-3. The Labute approximate surface area is 650 Å². The minimum Gasteiger partial charge on any atom is -0.400 e. The van der Waals surface area contributed by atoms with Crippen LogP contribution in [0.15, 0.2) is 274 Å². The number of rotatable bonds is 10. The molecule has 15 heteroatoms. The van der Waals surface area contributed by atoms with Crippen molar-refractivity contribution in [2.75, 3.05) is 14.2 Å². The van der Waals surface area contributed by atoms with Crippen molar-refractivity contribution in [3.8, 4) is 67.3 Å². The summed E-state index contributed by atoms with van der Waals surface area (Å²) in [6, 6.07) is 87.6. The summed E-state index contributed by atoms with van der Waals surface area (Å²) in [4.78, 5) is 17.2. The number of aliphatic hydroxyl groups is 2. The van der Waals surface area contributed by atoms with Crippen LogP contribution in [0.4, 0.5) is 13.2 Å². The molecule has 0 unspecified atom stereocenters. The average molecular weight is 1760 g/mol. The maximum absolute atomic E-state index is 10.7. The molecule has 2 saturated carbocycles. The standard InChI is InChI=1S/C29H27N.C29H26N.2C13H12N.CHF3O3S.2CH4O.2Ir/c2*1-3-7-22(8-4-1)23-11-13-24(14-12-23)25-15-17-26(18-16-25)28-19-20-30-29(21-28)27-9-5-2-6-10-27;2*1-10-3-6-12(7-4-10)13-8-5-11(2)9-14-13;2-1(3,4)8(5,6)7;2*1-2;;/h1-10,15-21,23-24H,11-14H2;1-9,15-21,23-24H,11-14H2;2*3-6,8-9H,1-2H3;(H,5,6,7);2*2H,1H3;;/q;3*-1;;;;;/i2*23D,24D;2*1D3,2D3;;;;;. The first kappa shape index (κ1) is 60.8. The molecule has 2 aliphatic rings. The second-order valence-electron chi connectivity index (χ2n) is 22.6. The van der Waals surface area contributed by atoms with Crippen molar-refractivity contribution < 1.29 is 98.5 Å². The third-order valence-electron chi connectivity index (χ3n) is 16.1. The largest absolute Gasteiger partial charge is 0.522 e. The van der Waals surface area contributed by atoms with Crippen molar-refractivity contribution in [1.82, 2.24) is 19.9 Å². The van der Waals surface area contributed by atoms with Gasteiger partial charge in [0.1, 0.15) is 0 Å². The van der Waals surface area contributed by atoms with E-state index in [4.69, 9.17) is 45.1 Å². The van der Waals surface area contributed by atoms with Gasteiger partial charge >= 0.3 is 15.6 Å². The quantitative estimate of drug-likeness (QED) is 0.0692. The summed E-state index contributed by atoms with van der Waals surface area (Å²) in [5.41, 5.74) is 10.2. The van der Waals surface area contributed by atoms with E-state index >= 15 is 0 Å². The van der Waals surface area contributed by atoms with Gasteiger partial charge in [0.25, 0.3) is 0 Å². The van der Waals surface area contributed by atoms with Crippen LogP contribution in [0, 0.1) is 45.6 Å². The monoisotopic (exact) mass is 1760 g/mol. The van der Waals surface area contributed by atoms with Gasteiger partial charge in [-0.3, -0.25) is 9.54 Å². The first-order valence-corrected chi connectivity index (χ1v) is 33.4. The molecule has 0 atom stereocenters. The van der Waals surface area contributed by atoms with Crippen LogP contribution in [0.25, 0.3) is 67.3 Å². The zero-order valence-corrected chi connectivity index (χ0v) is 61.4. The molecular weight excluding hydrogens is 1650 g/mol. The number of alkyl halides is 3. The molecule has 3 N–H and O–H groups in total. The number of aromatic nitrogens is 4. The van der Waals surface area contributed by atoms with Crippen LogP contribution in [0.2, 0.25) is 0 Å². The van der Waals surface area contributed by atoms with E-state index in [0.29, 0.717) is 73.9 Å². The fraction of sp³-hybridized carbons (Fsp3) is 0.218. The van der Waals surface area contributed by atoms with Crippen LogP contribution >= 0.6 is 0 Å². The number of hydrogen-bond donors (Lipinski definition) is 3.